The molecule has 2 heterocycles. The van der Waals surface area contributed by atoms with Gasteiger partial charge in [0, 0.05) is 19.6 Å². The minimum absolute atomic E-state index is 0.237. The molecule has 0 saturated carbocycles. The normalized spacial score (nSPS) is 13.8. The van der Waals surface area contributed by atoms with Crippen LogP contribution in [0.1, 0.15) is 18.4 Å². The number of hydrogen-bond donors (Lipinski definition) is 1. The van der Waals surface area contributed by atoms with Crippen molar-refractivity contribution in [2.45, 2.75) is 25.8 Å². The lowest BCUT2D eigenvalue weighted by Gasteiger charge is -2.29. The van der Waals surface area contributed by atoms with Crippen molar-refractivity contribution in [3.63, 3.8) is 0 Å². The summed E-state index contributed by atoms with van der Waals surface area (Å²) in [6.07, 6.45) is 8.03. The molecule has 0 spiro atoms. The molecule has 0 bridgehead atoms. The topological polar surface area (TPSA) is 80.5 Å². The number of aromatic nitrogens is 3. The van der Waals surface area contributed by atoms with E-state index < -0.39 is 6.16 Å². The van der Waals surface area contributed by atoms with E-state index in [1.54, 1.807) is 41.0 Å². The quantitative estimate of drug-likeness (QED) is 0.463. The van der Waals surface area contributed by atoms with Crippen molar-refractivity contribution >= 4 is 17.9 Å². The van der Waals surface area contributed by atoms with Crippen LogP contribution in [0.25, 0.3) is 0 Å². The summed E-state index contributed by atoms with van der Waals surface area (Å²) in [5, 5.41) is 14.0. The summed E-state index contributed by atoms with van der Waals surface area (Å²) < 4.78 is 19.8. The van der Waals surface area contributed by atoms with Crippen LogP contribution in [-0.4, -0.2) is 49.8 Å². The largest absolute Gasteiger partial charge is 0.511 e. The molecule has 29 heavy (non-hydrogen) atoms. The average molecular weight is 418 g/mol. The van der Waals surface area contributed by atoms with Crippen LogP contribution >= 0.6 is 11.8 Å². The SMILES string of the molecule is O=C(O)OC1=C(SCCCc2ccc(F)cc2)N(CCCn2cncn2)CC=C1. The molecule has 2 aromatic rings. The van der Waals surface area contributed by atoms with E-state index in [0.29, 0.717) is 12.3 Å². The Hall–Kier alpha value is -2.81. The molecule has 1 aromatic heterocycles. The molecule has 0 amide bonds. The third kappa shape index (κ3) is 6.63. The first kappa shape index (κ1) is 20.9. The highest BCUT2D eigenvalue weighted by atomic mass is 32.2. The van der Waals surface area contributed by atoms with Gasteiger partial charge in [-0.2, -0.15) is 5.10 Å². The van der Waals surface area contributed by atoms with Crippen LogP contribution < -0.4 is 0 Å². The molecule has 154 valence electrons. The van der Waals surface area contributed by atoms with Crippen LogP contribution in [0.15, 0.2) is 59.9 Å². The fourth-order valence-electron chi connectivity index (χ4n) is 2.99. The average Bonchev–Trinajstić information content (AvgIpc) is 3.21. The molecule has 7 nitrogen and oxygen atoms in total. The standard InChI is InChI=1S/C20H23FN4O3S/c21-17-8-6-16(7-9-17)4-2-13-29-19-18(28-20(26)27)5-1-10-24(19)11-3-12-25-15-22-14-23-25/h1,5-9,14-15H,2-4,10-13H2,(H,26,27). The number of carbonyl (C=O) groups is 1. The maximum Gasteiger partial charge on any atom is 0.511 e. The number of hydrogen-bond acceptors (Lipinski definition) is 6. The summed E-state index contributed by atoms with van der Waals surface area (Å²) in [7, 11) is 0. The van der Waals surface area contributed by atoms with E-state index in [9.17, 15) is 9.18 Å². The molecule has 0 saturated heterocycles. The maximum atomic E-state index is 13.0. The summed E-state index contributed by atoms with van der Waals surface area (Å²) in [6.45, 7) is 2.18. The summed E-state index contributed by atoms with van der Waals surface area (Å²) in [4.78, 5) is 17.1. The molecule has 1 N–H and O–H groups in total. The van der Waals surface area contributed by atoms with E-state index in [1.165, 1.54) is 18.5 Å². The zero-order valence-electron chi connectivity index (χ0n) is 15.9. The number of carboxylic acid groups (broad SMARTS) is 1. The van der Waals surface area contributed by atoms with Crippen molar-refractivity contribution in [3.8, 4) is 0 Å². The highest BCUT2D eigenvalue weighted by molar-refractivity contribution is 8.03. The summed E-state index contributed by atoms with van der Waals surface area (Å²) in [5.41, 5.74) is 1.08. The highest BCUT2D eigenvalue weighted by Gasteiger charge is 2.20. The number of ether oxygens (including phenoxy) is 1. The molecule has 9 heteroatoms. The van der Waals surface area contributed by atoms with Gasteiger partial charge in [0.05, 0.1) is 0 Å². The zero-order valence-corrected chi connectivity index (χ0v) is 16.7. The van der Waals surface area contributed by atoms with Crippen LogP contribution in [0, 0.1) is 5.82 Å². The van der Waals surface area contributed by atoms with E-state index in [4.69, 9.17) is 9.84 Å². The number of thioether (sulfide) groups is 1. The third-order valence-corrected chi connectivity index (χ3v) is 5.56. The third-order valence-electron chi connectivity index (χ3n) is 4.33. The maximum absolute atomic E-state index is 13.0. The second-order valence-corrected chi connectivity index (χ2v) is 7.56. The molecule has 0 aliphatic carbocycles. The van der Waals surface area contributed by atoms with Gasteiger partial charge in [0.1, 0.15) is 23.5 Å². The Balaban J connectivity index is 1.56. The Morgan fingerprint density at radius 2 is 2.07 bits per heavy atom. The van der Waals surface area contributed by atoms with E-state index in [1.807, 2.05) is 6.08 Å². The second kappa shape index (κ2) is 10.7. The number of benzene rings is 1. The van der Waals surface area contributed by atoms with Gasteiger partial charge >= 0.3 is 6.16 Å². The molecule has 0 fully saturated rings. The van der Waals surface area contributed by atoms with Crippen LogP contribution in [0.3, 0.4) is 0 Å². The molecule has 1 aliphatic rings. The number of allylic oxidation sites excluding steroid dienone is 1. The van der Waals surface area contributed by atoms with Crippen molar-refractivity contribution in [1.29, 1.82) is 0 Å². The van der Waals surface area contributed by atoms with Gasteiger partial charge in [-0.25, -0.2) is 14.2 Å². The van der Waals surface area contributed by atoms with E-state index >= 15 is 0 Å². The van der Waals surface area contributed by atoms with Gasteiger partial charge in [-0.3, -0.25) is 4.68 Å². The Morgan fingerprint density at radius 1 is 1.24 bits per heavy atom. The first-order valence-corrected chi connectivity index (χ1v) is 10.4. The minimum atomic E-state index is -1.32. The van der Waals surface area contributed by atoms with E-state index in [-0.39, 0.29) is 5.82 Å². The molecule has 1 aromatic carbocycles. The van der Waals surface area contributed by atoms with Gasteiger partial charge in [0.2, 0.25) is 0 Å². The lowest BCUT2D eigenvalue weighted by atomic mass is 10.1. The first-order chi connectivity index (χ1) is 14.1. The van der Waals surface area contributed by atoms with E-state index in [2.05, 4.69) is 15.0 Å². The smallest absolute Gasteiger partial charge is 0.449 e. The molecule has 0 unspecified atom stereocenters. The van der Waals surface area contributed by atoms with Gasteiger partial charge in [-0.05, 0) is 48.8 Å². The highest BCUT2D eigenvalue weighted by Crippen LogP contribution is 2.30. The predicted octanol–water partition coefficient (Wildman–Crippen LogP) is 3.91. The van der Waals surface area contributed by atoms with Gasteiger partial charge in [-0.15, -0.1) is 11.8 Å². The summed E-state index contributed by atoms with van der Waals surface area (Å²) >= 11 is 1.58. The summed E-state index contributed by atoms with van der Waals surface area (Å²) in [5.74, 6) is 0.919. The molecule has 3 rings (SSSR count). The van der Waals surface area contributed by atoms with Crippen molar-refractivity contribution < 1.29 is 19.0 Å². The van der Waals surface area contributed by atoms with Crippen LogP contribution in [0.5, 0.6) is 0 Å². The number of nitrogens with zero attached hydrogens (tertiary/aromatic N) is 4. The first-order valence-electron chi connectivity index (χ1n) is 9.38. The van der Waals surface area contributed by atoms with Gasteiger partial charge in [0.15, 0.2) is 5.76 Å². The van der Waals surface area contributed by atoms with Crippen molar-refractivity contribution in [2.75, 3.05) is 18.8 Å². The predicted molar refractivity (Wildman–Crippen MR) is 109 cm³/mol. The number of aryl methyl sites for hydroxylation is 2. The lowest BCUT2D eigenvalue weighted by molar-refractivity contribution is 0.119. The van der Waals surface area contributed by atoms with Gasteiger partial charge in [0.25, 0.3) is 0 Å². The number of rotatable bonds is 10. The van der Waals surface area contributed by atoms with E-state index in [0.717, 1.165) is 48.7 Å². The van der Waals surface area contributed by atoms with Crippen LogP contribution in [-0.2, 0) is 17.7 Å². The van der Waals surface area contributed by atoms with Crippen LogP contribution in [0.4, 0.5) is 9.18 Å². The molecule has 0 atom stereocenters. The lowest BCUT2D eigenvalue weighted by Crippen LogP contribution is -2.28. The number of halogens is 1. The fourth-order valence-corrected chi connectivity index (χ4v) is 4.07. The summed E-state index contributed by atoms with van der Waals surface area (Å²) in [6, 6.07) is 6.51. The molecular formula is C20H23FN4O3S. The fraction of sp³-hybridized carbons (Fsp3) is 0.350. The van der Waals surface area contributed by atoms with Crippen molar-refractivity contribution in [1.82, 2.24) is 19.7 Å². The monoisotopic (exact) mass is 418 g/mol. The van der Waals surface area contributed by atoms with Gasteiger partial charge < -0.3 is 14.7 Å². The Labute approximate surface area is 172 Å². The van der Waals surface area contributed by atoms with Crippen LogP contribution in [0.2, 0.25) is 0 Å². The molecular weight excluding hydrogens is 395 g/mol. The Kier molecular flexibility index (Phi) is 7.69. The molecule has 1 aliphatic heterocycles. The second-order valence-electron chi connectivity index (χ2n) is 6.48. The molecule has 0 radical (unpaired) electrons. The van der Waals surface area contributed by atoms with Crippen molar-refractivity contribution in [2.24, 2.45) is 0 Å². The minimum Gasteiger partial charge on any atom is -0.449 e. The van der Waals surface area contributed by atoms with Crippen molar-refractivity contribution in [3.05, 3.63) is 71.2 Å². The zero-order chi connectivity index (χ0) is 20.5. The van der Waals surface area contributed by atoms with Gasteiger partial charge in [-0.1, -0.05) is 18.2 Å². The Bertz CT molecular complexity index is 853. The Morgan fingerprint density at radius 3 is 2.79 bits per heavy atom.